The van der Waals surface area contributed by atoms with E-state index < -0.39 is 0 Å². The number of nitrogens with one attached hydrogen (secondary N) is 1. The van der Waals surface area contributed by atoms with E-state index in [1.807, 2.05) is 18.2 Å². The molecule has 2 aromatic carbocycles. The van der Waals surface area contributed by atoms with Gasteiger partial charge in [-0.05, 0) is 40.2 Å². The topological polar surface area (TPSA) is 21.3 Å². The normalized spacial score (nSPS) is 20.9. The average Bonchev–Trinajstić information content (AvgIpc) is 2.44. The summed E-state index contributed by atoms with van der Waals surface area (Å²) >= 11 is 3.40. The lowest BCUT2D eigenvalue weighted by Gasteiger charge is -2.33. The van der Waals surface area contributed by atoms with Crippen molar-refractivity contribution in [3.8, 4) is 5.75 Å². The van der Waals surface area contributed by atoms with Crippen molar-refractivity contribution < 1.29 is 9.13 Å². The van der Waals surface area contributed by atoms with Crippen LogP contribution in [0.1, 0.15) is 18.5 Å². The molecular formula is C16H15BrFNO. The smallest absolute Gasteiger partial charge is 0.124 e. The summed E-state index contributed by atoms with van der Waals surface area (Å²) < 4.78 is 19.6. The highest BCUT2D eigenvalue weighted by atomic mass is 79.9. The lowest BCUT2D eigenvalue weighted by molar-refractivity contribution is 0.214. The van der Waals surface area contributed by atoms with Crippen LogP contribution in [0.5, 0.6) is 5.75 Å². The van der Waals surface area contributed by atoms with Crippen molar-refractivity contribution in [2.45, 2.75) is 13.0 Å². The number of fused-ring (bicyclic) bond motifs is 1. The maximum absolute atomic E-state index is 13.2. The Hall–Kier alpha value is -1.55. The largest absolute Gasteiger partial charge is 0.493 e. The molecule has 4 heteroatoms. The molecule has 1 aliphatic heterocycles. The van der Waals surface area contributed by atoms with Gasteiger partial charge in [-0.3, -0.25) is 0 Å². The third-order valence-electron chi connectivity index (χ3n) is 3.57. The summed E-state index contributed by atoms with van der Waals surface area (Å²) in [6, 6.07) is 12.9. The molecule has 0 aromatic heterocycles. The van der Waals surface area contributed by atoms with Crippen LogP contribution in [0.25, 0.3) is 0 Å². The van der Waals surface area contributed by atoms with E-state index in [0.717, 1.165) is 21.5 Å². The second-order valence-corrected chi connectivity index (χ2v) is 5.93. The van der Waals surface area contributed by atoms with Crippen molar-refractivity contribution in [3.05, 3.63) is 58.3 Å². The first-order valence-corrected chi connectivity index (χ1v) is 7.38. The molecular weight excluding hydrogens is 321 g/mol. The Morgan fingerprint density at radius 1 is 1.25 bits per heavy atom. The predicted molar refractivity (Wildman–Crippen MR) is 81.6 cm³/mol. The van der Waals surface area contributed by atoms with Crippen LogP contribution in [0.3, 0.4) is 0 Å². The number of hydrogen-bond donors (Lipinski definition) is 1. The third-order valence-corrected chi connectivity index (χ3v) is 4.22. The molecule has 2 unspecified atom stereocenters. The van der Waals surface area contributed by atoms with Crippen LogP contribution in [-0.4, -0.2) is 6.61 Å². The van der Waals surface area contributed by atoms with E-state index in [0.29, 0.717) is 12.5 Å². The first kappa shape index (κ1) is 13.4. The highest BCUT2D eigenvalue weighted by molar-refractivity contribution is 9.10. The van der Waals surface area contributed by atoms with E-state index in [9.17, 15) is 4.39 Å². The Labute approximate surface area is 126 Å². The molecule has 2 nitrogen and oxygen atoms in total. The SMILES string of the molecule is CC1COc2ccccc2C1Nc1ccc(F)cc1Br. The maximum atomic E-state index is 13.2. The molecule has 0 aliphatic carbocycles. The molecule has 0 spiro atoms. The van der Waals surface area contributed by atoms with Crippen molar-refractivity contribution in [1.82, 2.24) is 0 Å². The molecule has 1 N–H and O–H groups in total. The monoisotopic (exact) mass is 335 g/mol. The first-order valence-electron chi connectivity index (χ1n) is 6.58. The fourth-order valence-electron chi connectivity index (χ4n) is 2.49. The lowest BCUT2D eigenvalue weighted by Crippen LogP contribution is -2.28. The van der Waals surface area contributed by atoms with E-state index in [2.05, 4.69) is 34.2 Å². The molecule has 1 heterocycles. The molecule has 0 bridgehead atoms. The fraction of sp³-hybridized carbons (Fsp3) is 0.250. The molecule has 0 saturated carbocycles. The van der Waals surface area contributed by atoms with Crippen LogP contribution in [0, 0.1) is 11.7 Å². The van der Waals surface area contributed by atoms with Crippen molar-refractivity contribution in [2.24, 2.45) is 5.92 Å². The molecule has 1 aliphatic rings. The standard InChI is InChI=1S/C16H15BrFNO/c1-10-9-20-15-5-3-2-4-12(15)16(10)19-14-7-6-11(18)8-13(14)17/h2-8,10,16,19H,9H2,1H3. The van der Waals surface area contributed by atoms with Crippen LogP contribution in [-0.2, 0) is 0 Å². The van der Waals surface area contributed by atoms with Gasteiger partial charge in [0.05, 0.1) is 12.6 Å². The van der Waals surface area contributed by atoms with Crippen LogP contribution in [0.4, 0.5) is 10.1 Å². The molecule has 3 rings (SSSR count). The number of hydrogen-bond acceptors (Lipinski definition) is 2. The Kier molecular flexibility index (Phi) is 3.66. The summed E-state index contributed by atoms with van der Waals surface area (Å²) in [6.07, 6.45) is 0. The predicted octanol–water partition coefficient (Wildman–Crippen LogP) is 4.77. The number of anilines is 1. The summed E-state index contributed by atoms with van der Waals surface area (Å²) in [5.41, 5.74) is 2.03. The van der Waals surface area contributed by atoms with Gasteiger partial charge in [-0.1, -0.05) is 25.1 Å². The highest BCUT2D eigenvalue weighted by Crippen LogP contribution is 2.38. The van der Waals surface area contributed by atoms with E-state index >= 15 is 0 Å². The van der Waals surface area contributed by atoms with E-state index in [1.165, 1.54) is 12.1 Å². The minimum Gasteiger partial charge on any atom is -0.493 e. The molecule has 0 fully saturated rings. The summed E-state index contributed by atoms with van der Waals surface area (Å²) in [5.74, 6) is 1.01. The van der Waals surface area contributed by atoms with Gasteiger partial charge >= 0.3 is 0 Å². The highest BCUT2D eigenvalue weighted by Gasteiger charge is 2.27. The Bertz CT molecular complexity index is 632. The van der Waals surface area contributed by atoms with Gasteiger partial charge in [0, 0.05) is 21.6 Å². The molecule has 0 amide bonds. The quantitative estimate of drug-likeness (QED) is 0.853. The second kappa shape index (κ2) is 5.44. The zero-order chi connectivity index (χ0) is 14.1. The Morgan fingerprint density at radius 2 is 2.05 bits per heavy atom. The van der Waals surface area contributed by atoms with Gasteiger partial charge in [0.25, 0.3) is 0 Å². The summed E-state index contributed by atoms with van der Waals surface area (Å²) in [6.45, 7) is 2.82. The zero-order valence-electron chi connectivity index (χ0n) is 11.1. The van der Waals surface area contributed by atoms with Crippen LogP contribution < -0.4 is 10.1 Å². The number of benzene rings is 2. The molecule has 0 radical (unpaired) electrons. The van der Waals surface area contributed by atoms with Gasteiger partial charge in [0.15, 0.2) is 0 Å². The maximum Gasteiger partial charge on any atom is 0.124 e. The van der Waals surface area contributed by atoms with Gasteiger partial charge in [0.1, 0.15) is 11.6 Å². The molecule has 104 valence electrons. The number of rotatable bonds is 2. The van der Waals surface area contributed by atoms with Crippen LogP contribution >= 0.6 is 15.9 Å². The third kappa shape index (κ3) is 2.52. The van der Waals surface area contributed by atoms with Crippen molar-refractivity contribution in [2.75, 3.05) is 11.9 Å². The second-order valence-electron chi connectivity index (χ2n) is 5.07. The van der Waals surface area contributed by atoms with E-state index in [4.69, 9.17) is 4.74 Å². The van der Waals surface area contributed by atoms with Gasteiger partial charge in [-0.15, -0.1) is 0 Å². The molecule has 2 atom stereocenters. The minimum atomic E-state index is -0.247. The summed E-state index contributed by atoms with van der Waals surface area (Å²) in [4.78, 5) is 0. The minimum absolute atomic E-state index is 0.154. The first-order chi connectivity index (χ1) is 9.65. The molecule has 2 aromatic rings. The summed E-state index contributed by atoms with van der Waals surface area (Å²) in [7, 11) is 0. The van der Waals surface area contributed by atoms with Crippen molar-refractivity contribution in [3.63, 3.8) is 0 Å². The van der Waals surface area contributed by atoms with Crippen molar-refractivity contribution >= 4 is 21.6 Å². The zero-order valence-corrected chi connectivity index (χ0v) is 12.7. The van der Waals surface area contributed by atoms with Crippen molar-refractivity contribution in [1.29, 1.82) is 0 Å². The Morgan fingerprint density at radius 3 is 2.85 bits per heavy atom. The fourth-order valence-corrected chi connectivity index (χ4v) is 2.95. The van der Waals surface area contributed by atoms with Gasteiger partial charge in [-0.2, -0.15) is 0 Å². The van der Waals surface area contributed by atoms with Gasteiger partial charge < -0.3 is 10.1 Å². The number of para-hydroxylation sites is 1. The Balaban J connectivity index is 1.93. The average molecular weight is 336 g/mol. The van der Waals surface area contributed by atoms with Crippen LogP contribution in [0.2, 0.25) is 0 Å². The summed E-state index contributed by atoms with van der Waals surface area (Å²) in [5, 5.41) is 3.49. The molecule has 0 saturated heterocycles. The van der Waals surface area contributed by atoms with Crippen LogP contribution in [0.15, 0.2) is 46.9 Å². The van der Waals surface area contributed by atoms with E-state index in [-0.39, 0.29) is 11.9 Å². The van der Waals surface area contributed by atoms with E-state index in [1.54, 1.807) is 6.07 Å². The lowest BCUT2D eigenvalue weighted by atomic mass is 9.92. The number of ether oxygens (including phenoxy) is 1. The number of halogens is 2. The molecule has 20 heavy (non-hydrogen) atoms. The van der Waals surface area contributed by atoms with Gasteiger partial charge in [-0.25, -0.2) is 4.39 Å². The van der Waals surface area contributed by atoms with Gasteiger partial charge in [0.2, 0.25) is 0 Å².